The molecule has 0 radical (unpaired) electrons. The Bertz CT molecular complexity index is 190. The first-order valence-electron chi connectivity index (χ1n) is 4.69. The molecular weight excluding hydrogens is 167 g/mol. The second-order valence-electron chi connectivity index (χ2n) is 3.05. The van der Waals surface area contributed by atoms with Crippen LogP contribution in [0.25, 0.3) is 0 Å². The Morgan fingerprint density at radius 1 is 0.923 bits per heavy atom. The first kappa shape index (κ1) is 11.9. The zero-order valence-electron chi connectivity index (χ0n) is 7.80. The lowest BCUT2D eigenvalue weighted by Gasteiger charge is -2.04. The fraction of sp³-hybridized carbons (Fsp3) is 0.800. The fourth-order valence-corrected chi connectivity index (χ4v) is 1.12. The first-order chi connectivity index (χ1) is 6.31. The van der Waals surface area contributed by atoms with E-state index in [2.05, 4.69) is 0 Å². The van der Waals surface area contributed by atoms with E-state index < -0.39 is 6.17 Å². The molecule has 1 atom stereocenters. The molecule has 0 aliphatic rings. The number of unbranched alkanes of at least 4 members (excludes halogenated alkanes) is 3. The highest BCUT2D eigenvalue weighted by Crippen LogP contribution is 2.12. The van der Waals surface area contributed by atoms with Crippen LogP contribution in [0.2, 0.25) is 0 Å². The number of halogens is 1. The van der Waals surface area contributed by atoms with Crippen LogP contribution in [0, 0.1) is 22.7 Å². The summed E-state index contributed by atoms with van der Waals surface area (Å²) >= 11 is 0. The van der Waals surface area contributed by atoms with Crippen LogP contribution < -0.4 is 0 Å². The SMILES string of the molecule is N#CCCCCC(F)CCCC#N. The van der Waals surface area contributed by atoms with E-state index in [1.165, 1.54) is 0 Å². The Balaban J connectivity index is 3.17. The predicted octanol–water partition coefficient (Wildman–Crippen LogP) is 3.10. The Morgan fingerprint density at radius 2 is 1.46 bits per heavy atom. The second-order valence-corrected chi connectivity index (χ2v) is 3.05. The highest BCUT2D eigenvalue weighted by atomic mass is 19.1. The van der Waals surface area contributed by atoms with Crippen molar-refractivity contribution in [2.24, 2.45) is 0 Å². The van der Waals surface area contributed by atoms with E-state index in [1.54, 1.807) is 0 Å². The maximum atomic E-state index is 13.0. The lowest BCUT2D eigenvalue weighted by Crippen LogP contribution is -1.99. The summed E-state index contributed by atoms with van der Waals surface area (Å²) in [5, 5.41) is 16.4. The van der Waals surface area contributed by atoms with Crippen LogP contribution in [0.4, 0.5) is 4.39 Å². The molecule has 0 bridgehead atoms. The molecule has 0 saturated carbocycles. The fourth-order valence-electron chi connectivity index (χ4n) is 1.12. The molecule has 2 nitrogen and oxygen atoms in total. The second kappa shape index (κ2) is 9.00. The van der Waals surface area contributed by atoms with Gasteiger partial charge in [0.2, 0.25) is 0 Å². The number of nitrogens with zero attached hydrogens (tertiary/aromatic N) is 2. The van der Waals surface area contributed by atoms with Crippen LogP contribution in [-0.4, -0.2) is 6.17 Å². The zero-order valence-corrected chi connectivity index (χ0v) is 7.80. The van der Waals surface area contributed by atoms with Crippen molar-refractivity contribution in [1.82, 2.24) is 0 Å². The Labute approximate surface area is 79.0 Å². The van der Waals surface area contributed by atoms with Gasteiger partial charge in [0.05, 0.1) is 12.1 Å². The Morgan fingerprint density at radius 3 is 2.08 bits per heavy atom. The van der Waals surface area contributed by atoms with Crippen LogP contribution in [0.3, 0.4) is 0 Å². The summed E-state index contributed by atoms with van der Waals surface area (Å²) < 4.78 is 13.0. The molecule has 0 aromatic rings. The monoisotopic (exact) mass is 182 g/mol. The largest absolute Gasteiger partial charge is 0.247 e. The third-order valence-electron chi connectivity index (χ3n) is 1.86. The van der Waals surface area contributed by atoms with Crippen molar-refractivity contribution in [3.8, 4) is 12.1 Å². The van der Waals surface area contributed by atoms with Crippen LogP contribution in [0.15, 0.2) is 0 Å². The average Bonchev–Trinajstić information content (AvgIpc) is 2.13. The van der Waals surface area contributed by atoms with Gasteiger partial charge in [-0.05, 0) is 32.1 Å². The summed E-state index contributed by atoms with van der Waals surface area (Å²) in [7, 11) is 0. The first-order valence-corrected chi connectivity index (χ1v) is 4.69. The molecule has 0 spiro atoms. The van der Waals surface area contributed by atoms with Crippen LogP contribution in [0.5, 0.6) is 0 Å². The van der Waals surface area contributed by atoms with Gasteiger partial charge in [0.25, 0.3) is 0 Å². The highest BCUT2D eigenvalue weighted by Gasteiger charge is 2.04. The van der Waals surface area contributed by atoms with Crippen LogP contribution in [0.1, 0.15) is 44.9 Å². The van der Waals surface area contributed by atoms with E-state index in [9.17, 15) is 4.39 Å². The summed E-state index contributed by atoms with van der Waals surface area (Å²) in [4.78, 5) is 0. The molecule has 72 valence electrons. The molecule has 0 aliphatic heterocycles. The molecule has 1 unspecified atom stereocenters. The van der Waals surface area contributed by atoms with Gasteiger partial charge in [0.1, 0.15) is 6.17 Å². The number of hydrogen-bond donors (Lipinski definition) is 0. The van der Waals surface area contributed by atoms with Gasteiger partial charge in [-0.1, -0.05) is 0 Å². The highest BCUT2D eigenvalue weighted by molar-refractivity contribution is 4.71. The van der Waals surface area contributed by atoms with Gasteiger partial charge in [0, 0.05) is 12.8 Å². The van der Waals surface area contributed by atoms with E-state index in [1.807, 2.05) is 12.1 Å². The van der Waals surface area contributed by atoms with Crippen LogP contribution in [-0.2, 0) is 0 Å². The van der Waals surface area contributed by atoms with Crippen molar-refractivity contribution in [2.75, 3.05) is 0 Å². The van der Waals surface area contributed by atoms with E-state index in [4.69, 9.17) is 10.5 Å². The van der Waals surface area contributed by atoms with Gasteiger partial charge in [0.15, 0.2) is 0 Å². The minimum Gasteiger partial charge on any atom is -0.247 e. The molecule has 0 rings (SSSR count). The average molecular weight is 182 g/mol. The molecule has 13 heavy (non-hydrogen) atoms. The zero-order chi connectivity index (χ0) is 9.94. The van der Waals surface area contributed by atoms with Gasteiger partial charge in [-0.3, -0.25) is 0 Å². The molecule has 0 aromatic heterocycles. The molecule has 0 amide bonds. The van der Waals surface area contributed by atoms with E-state index in [0.29, 0.717) is 32.1 Å². The molecular formula is C10H15FN2. The van der Waals surface area contributed by atoms with Gasteiger partial charge in [-0.15, -0.1) is 0 Å². The smallest absolute Gasteiger partial charge is 0.100 e. The number of nitriles is 2. The molecule has 3 heteroatoms. The van der Waals surface area contributed by atoms with E-state index in [-0.39, 0.29) is 0 Å². The van der Waals surface area contributed by atoms with Crippen molar-refractivity contribution in [2.45, 2.75) is 51.1 Å². The van der Waals surface area contributed by atoms with Crippen molar-refractivity contribution < 1.29 is 4.39 Å². The molecule has 0 aliphatic carbocycles. The topological polar surface area (TPSA) is 47.6 Å². The third kappa shape index (κ3) is 8.82. The maximum absolute atomic E-state index is 13.0. The molecule has 0 fully saturated rings. The maximum Gasteiger partial charge on any atom is 0.100 e. The number of hydrogen-bond acceptors (Lipinski definition) is 2. The van der Waals surface area contributed by atoms with Gasteiger partial charge < -0.3 is 0 Å². The van der Waals surface area contributed by atoms with Crippen molar-refractivity contribution >= 4 is 0 Å². The lowest BCUT2D eigenvalue weighted by molar-refractivity contribution is 0.284. The van der Waals surface area contributed by atoms with Crippen molar-refractivity contribution in [3.63, 3.8) is 0 Å². The summed E-state index contributed by atoms with van der Waals surface area (Å²) in [5.41, 5.74) is 0. The molecule has 0 saturated heterocycles. The van der Waals surface area contributed by atoms with Gasteiger partial charge in [-0.2, -0.15) is 10.5 Å². The normalized spacial score (nSPS) is 11.6. The predicted molar refractivity (Wildman–Crippen MR) is 48.4 cm³/mol. The lowest BCUT2D eigenvalue weighted by atomic mass is 10.1. The minimum absolute atomic E-state index is 0.443. The quantitative estimate of drug-likeness (QED) is 0.568. The number of alkyl halides is 1. The van der Waals surface area contributed by atoms with Crippen molar-refractivity contribution in [3.05, 3.63) is 0 Å². The molecule has 0 aromatic carbocycles. The minimum atomic E-state index is -0.785. The molecule has 0 heterocycles. The summed E-state index contributed by atoms with van der Waals surface area (Å²) in [6, 6.07) is 4.02. The van der Waals surface area contributed by atoms with E-state index >= 15 is 0 Å². The molecule has 0 N–H and O–H groups in total. The van der Waals surface area contributed by atoms with Gasteiger partial charge >= 0.3 is 0 Å². The van der Waals surface area contributed by atoms with Crippen LogP contribution >= 0.6 is 0 Å². The van der Waals surface area contributed by atoms with Crippen molar-refractivity contribution in [1.29, 1.82) is 10.5 Å². The summed E-state index contributed by atoms with van der Waals surface area (Å²) in [6.45, 7) is 0. The Kier molecular flexibility index (Phi) is 8.25. The van der Waals surface area contributed by atoms with Gasteiger partial charge in [-0.25, -0.2) is 4.39 Å². The summed E-state index contributed by atoms with van der Waals surface area (Å²) in [6.07, 6.45) is 3.41. The number of rotatable bonds is 7. The Hall–Kier alpha value is -1.09. The standard InChI is InChI=1S/C10H15FN2/c11-10(7-3-5-9-13)6-2-1-4-8-12/h10H,1-7H2. The third-order valence-corrected chi connectivity index (χ3v) is 1.86. The summed E-state index contributed by atoms with van der Waals surface area (Å²) in [5.74, 6) is 0. The van der Waals surface area contributed by atoms with E-state index in [0.717, 1.165) is 12.8 Å².